The van der Waals surface area contributed by atoms with Crippen LogP contribution in [0.1, 0.15) is 62.3 Å². The Hall–Kier alpha value is -2.61. The monoisotopic (exact) mass is 458 g/mol. The minimum absolute atomic E-state index is 0.0147. The smallest absolute Gasteiger partial charge is 0.227 e. The highest BCUT2D eigenvalue weighted by Crippen LogP contribution is 2.26. The first-order valence-corrected chi connectivity index (χ1v) is 11.5. The van der Waals surface area contributed by atoms with Gasteiger partial charge in [0.15, 0.2) is 0 Å². The molecule has 0 spiro atoms. The molecule has 0 aromatic heterocycles. The fourth-order valence-corrected chi connectivity index (χ4v) is 3.93. The third-order valence-electron chi connectivity index (χ3n) is 5.58. The summed E-state index contributed by atoms with van der Waals surface area (Å²) in [7, 11) is 1.61. The second-order valence-corrected chi connectivity index (χ2v) is 9.11. The number of aromatic hydroxyl groups is 2. The van der Waals surface area contributed by atoms with E-state index in [9.17, 15) is 20.1 Å². The lowest BCUT2D eigenvalue weighted by Gasteiger charge is -2.28. The summed E-state index contributed by atoms with van der Waals surface area (Å²) in [6.45, 7) is 7.41. The number of carbonyl (C=O) groups excluding carboxylic acids is 1. The van der Waals surface area contributed by atoms with Gasteiger partial charge in [0.2, 0.25) is 5.91 Å². The van der Waals surface area contributed by atoms with Gasteiger partial charge in [-0.3, -0.25) is 4.79 Å². The van der Waals surface area contributed by atoms with E-state index in [1.54, 1.807) is 7.11 Å². The Morgan fingerprint density at radius 2 is 1.79 bits per heavy atom. The molecule has 2 atom stereocenters. The topological polar surface area (TPSA) is 111 Å². The van der Waals surface area contributed by atoms with Crippen molar-refractivity contribution in [3.63, 3.8) is 0 Å². The number of amides is 1. The Labute approximate surface area is 196 Å². The van der Waals surface area contributed by atoms with Crippen LogP contribution in [0.15, 0.2) is 42.5 Å². The van der Waals surface area contributed by atoms with Gasteiger partial charge in [-0.1, -0.05) is 37.6 Å². The minimum atomic E-state index is -0.877. The third-order valence-corrected chi connectivity index (χ3v) is 5.58. The van der Waals surface area contributed by atoms with Crippen LogP contribution in [-0.4, -0.2) is 53.6 Å². The van der Waals surface area contributed by atoms with Crippen LogP contribution in [0.2, 0.25) is 0 Å². The summed E-state index contributed by atoms with van der Waals surface area (Å²) in [5.41, 5.74) is 2.20. The number of nitrogens with one attached hydrogen (secondary N) is 2. The van der Waals surface area contributed by atoms with Gasteiger partial charge < -0.3 is 30.7 Å². The van der Waals surface area contributed by atoms with Crippen molar-refractivity contribution in [2.45, 2.75) is 57.6 Å². The Kier molecular flexibility index (Phi) is 10.2. The van der Waals surface area contributed by atoms with E-state index < -0.39 is 6.10 Å². The van der Waals surface area contributed by atoms with Crippen LogP contribution in [0, 0.1) is 0 Å². The molecule has 0 aliphatic rings. The molecule has 0 fully saturated rings. The van der Waals surface area contributed by atoms with Crippen LogP contribution >= 0.6 is 0 Å². The van der Waals surface area contributed by atoms with E-state index in [0.717, 1.165) is 24.0 Å². The molecule has 182 valence electrons. The maximum atomic E-state index is 12.7. The van der Waals surface area contributed by atoms with Crippen LogP contribution in [0.3, 0.4) is 0 Å². The van der Waals surface area contributed by atoms with Crippen molar-refractivity contribution in [3.05, 3.63) is 59.2 Å². The number of aliphatic hydroxyl groups is 1. The fraction of sp³-hybridized carbons (Fsp3) is 0.500. The average Bonchev–Trinajstić information content (AvgIpc) is 2.75. The highest BCUT2D eigenvalue weighted by Gasteiger charge is 2.23. The molecule has 0 aliphatic heterocycles. The number of rotatable bonds is 13. The summed E-state index contributed by atoms with van der Waals surface area (Å²) in [6.07, 6.45) is 1.50. The normalized spacial score (nSPS) is 13.5. The number of phenols is 2. The van der Waals surface area contributed by atoms with Gasteiger partial charge in [0, 0.05) is 31.8 Å². The zero-order chi connectivity index (χ0) is 24.4. The van der Waals surface area contributed by atoms with Gasteiger partial charge in [-0.05, 0) is 55.5 Å². The van der Waals surface area contributed by atoms with Crippen LogP contribution in [0.25, 0.3) is 0 Å². The number of methoxy groups -OCH3 is 1. The summed E-state index contributed by atoms with van der Waals surface area (Å²) < 4.78 is 5.03. The molecule has 0 saturated carbocycles. The largest absolute Gasteiger partial charge is 0.508 e. The average molecular weight is 459 g/mol. The lowest BCUT2D eigenvalue weighted by atomic mass is 9.88. The van der Waals surface area contributed by atoms with Gasteiger partial charge in [-0.2, -0.15) is 0 Å². The van der Waals surface area contributed by atoms with Gasteiger partial charge in [0.25, 0.3) is 0 Å². The Morgan fingerprint density at radius 1 is 1.09 bits per heavy atom. The molecule has 7 nitrogen and oxygen atoms in total. The third kappa shape index (κ3) is 8.68. The zero-order valence-corrected chi connectivity index (χ0v) is 20.1. The Balaban J connectivity index is 2.04. The molecule has 0 bridgehead atoms. The Bertz CT molecular complexity index is 880. The highest BCUT2D eigenvalue weighted by atomic mass is 16.5. The highest BCUT2D eigenvalue weighted by molar-refractivity contribution is 5.83. The molecular formula is C26H38N2O5. The number of β-amino-alcohol motifs (C(OH)–C–C–N with tert-alkyl or cyclic N) is 1. The van der Waals surface area contributed by atoms with Crippen molar-refractivity contribution >= 4 is 5.91 Å². The van der Waals surface area contributed by atoms with Crippen molar-refractivity contribution in [1.29, 1.82) is 0 Å². The first-order chi connectivity index (χ1) is 15.6. The van der Waals surface area contributed by atoms with Gasteiger partial charge in [-0.15, -0.1) is 0 Å². The molecule has 5 N–H and O–H groups in total. The zero-order valence-electron chi connectivity index (χ0n) is 20.1. The molecule has 7 heteroatoms. The molecule has 2 aromatic carbocycles. The van der Waals surface area contributed by atoms with Gasteiger partial charge >= 0.3 is 0 Å². The molecule has 33 heavy (non-hydrogen) atoms. The number of benzene rings is 2. The molecule has 2 aromatic rings. The van der Waals surface area contributed by atoms with Crippen LogP contribution < -0.4 is 10.6 Å². The number of hydrogen-bond acceptors (Lipinski definition) is 6. The van der Waals surface area contributed by atoms with E-state index in [1.807, 2.05) is 32.0 Å². The van der Waals surface area contributed by atoms with E-state index in [4.69, 9.17) is 4.74 Å². The molecule has 2 rings (SSSR count). The summed E-state index contributed by atoms with van der Waals surface area (Å²) in [4.78, 5) is 12.7. The maximum Gasteiger partial charge on any atom is 0.227 e. The molecule has 0 heterocycles. The van der Waals surface area contributed by atoms with Crippen molar-refractivity contribution in [1.82, 2.24) is 10.6 Å². The number of carbonyl (C=O) groups is 1. The predicted molar refractivity (Wildman–Crippen MR) is 129 cm³/mol. The van der Waals surface area contributed by atoms with Gasteiger partial charge in [0.1, 0.15) is 11.5 Å². The van der Waals surface area contributed by atoms with Crippen molar-refractivity contribution in [2.24, 2.45) is 0 Å². The van der Waals surface area contributed by atoms with Crippen molar-refractivity contribution in [3.8, 4) is 11.5 Å². The molecule has 0 radical (unpaired) electrons. The second-order valence-electron chi connectivity index (χ2n) is 9.11. The summed E-state index contributed by atoms with van der Waals surface area (Å²) in [5.74, 6) is -0.370. The van der Waals surface area contributed by atoms with Crippen molar-refractivity contribution < 1.29 is 24.9 Å². The SMILES string of the molecule is CCCC(C(=O)NCCOC)c1cccc(CC(C)(C)NCC(O)c2cc(O)cc(O)c2)c1. The van der Waals surface area contributed by atoms with Crippen molar-refractivity contribution in [2.75, 3.05) is 26.8 Å². The van der Waals surface area contributed by atoms with Gasteiger partial charge in [0.05, 0.1) is 18.6 Å². The second kappa shape index (κ2) is 12.6. The summed E-state index contributed by atoms with van der Waals surface area (Å²) >= 11 is 0. The van der Waals surface area contributed by atoms with E-state index in [0.29, 0.717) is 25.1 Å². The summed E-state index contributed by atoms with van der Waals surface area (Å²) in [6, 6.07) is 12.2. The van der Waals surface area contributed by atoms with Crippen LogP contribution in [0.4, 0.5) is 0 Å². The molecular weight excluding hydrogens is 420 g/mol. The van der Waals surface area contributed by atoms with Crippen LogP contribution in [0.5, 0.6) is 11.5 Å². The first-order valence-electron chi connectivity index (χ1n) is 11.5. The van der Waals surface area contributed by atoms with E-state index >= 15 is 0 Å². The van der Waals surface area contributed by atoms with Crippen LogP contribution in [-0.2, 0) is 16.0 Å². The Morgan fingerprint density at radius 3 is 2.42 bits per heavy atom. The summed E-state index contributed by atoms with van der Waals surface area (Å²) in [5, 5.41) is 36.1. The van der Waals surface area contributed by atoms with E-state index in [-0.39, 0.29) is 35.4 Å². The maximum absolute atomic E-state index is 12.7. The standard InChI is InChI=1S/C26H38N2O5/c1-5-7-23(25(32)27-10-11-33-4)19-9-6-8-18(12-19)16-26(2,3)28-17-24(31)20-13-21(29)15-22(30)14-20/h6,8-9,12-15,23-24,28-31H,5,7,10-11,16-17H2,1-4H3,(H,27,32). The molecule has 0 saturated heterocycles. The molecule has 0 aliphatic carbocycles. The quantitative estimate of drug-likeness (QED) is 0.294. The number of ether oxygens (including phenoxy) is 1. The van der Waals surface area contributed by atoms with E-state index in [2.05, 4.69) is 23.6 Å². The van der Waals surface area contributed by atoms with Gasteiger partial charge in [-0.25, -0.2) is 0 Å². The lowest BCUT2D eigenvalue weighted by molar-refractivity contribution is -0.122. The molecule has 1 amide bonds. The molecule has 2 unspecified atom stereocenters. The van der Waals surface area contributed by atoms with E-state index in [1.165, 1.54) is 18.2 Å². The lowest BCUT2D eigenvalue weighted by Crippen LogP contribution is -2.43. The predicted octanol–water partition coefficient (Wildman–Crippen LogP) is 3.39. The minimum Gasteiger partial charge on any atom is -0.508 e. The first kappa shape index (κ1) is 26.6. The fourth-order valence-electron chi connectivity index (χ4n) is 3.93. The number of hydrogen-bond donors (Lipinski definition) is 5. The number of aliphatic hydroxyl groups excluding tert-OH is 1. The number of phenolic OH excluding ortho intramolecular Hbond substituents is 2.